The van der Waals surface area contributed by atoms with Gasteiger partial charge in [0.15, 0.2) is 5.78 Å². The van der Waals surface area contributed by atoms with Crippen LogP contribution in [0, 0.1) is 29.1 Å². The number of rotatable bonds is 4. The maximum atomic E-state index is 12.9. The SMILES string of the molecule is C/C=C/C=C/C1C=CC2CC(C)CCC2C1(C)/C(O)=C1\C(=O)NC(C(C)O)C1=O. The molecule has 7 unspecified atom stereocenters. The van der Waals surface area contributed by atoms with E-state index in [1.54, 1.807) is 0 Å². The first-order chi connectivity index (χ1) is 13.7. The summed E-state index contributed by atoms with van der Waals surface area (Å²) in [6.07, 6.45) is 14.2. The average Bonchev–Trinajstić information content (AvgIpc) is 2.97. The van der Waals surface area contributed by atoms with Gasteiger partial charge in [-0.15, -0.1) is 0 Å². The number of fused-ring (bicyclic) bond motifs is 1. The summed E-state index contributed by atoms with van der Waals surface area (Å²) in [6, 6.07) is -0.999. The average molecular weight is 400 g/mol. The molecule has 158 valence electrons. The van der Waals surface area contributed by atoms with Crippen molar-refractivity contribution in [2.75, 3.05) is 0 Å². The molecule has 0 aromatic carbocycles. The molecule has 29 heavy (non-hydrogen) atoms. The fourth-order valence-corrected chi connectivity index (χ4v) is 5.36. The largest absolute Gasteiger partial charge is 0.511 e. The number of aliphatic hydroxyl groups excluding tert-OH is 2. The third-order valence-corrected chi connectivity index (χ3v) is 7.08. The van der Waals surface area contributed by atoms with Crippen LogP contribution in [0.5, 0.6) is 0 Å². The second kappa shape index (κ2) is 8.31. The topological polar surface area (TPSA) is 86.6 Å². The summed E-state index contributed by atoms with van der Waals surface area (Å²) < 4.78 is 0. The van der Waals surface area contributed by atoms with Gasteiger partial charge in [0.2, 0.25) is 0 Å². The van der Waals surface area contributed by atoms with E-state index in [4.69, 9.17) is 0 Å². The Bertz CT molecular complexity index is 791. The number of aliphatic hydroxyl groups is 2. The zero-order valence-electron chi connectivity index (χ0n) is 17.8. The number of nitrogens with one attached hydrogen (secondary N) is 1. The lowest BCUT2D eigenvalue weighted by Crippen LogP contribution is -2.45. The lowest BCUT2D eigenvalue weighted by atomic mass is 9.54. The minimum absolute atomic E-state index is 0.132. The van der Waals surface area contributed by atoms with Gasteiger partial charge in [0.05, 0.1) is 6.10 Å². The summed E-state index contributed by atoms with van der Waals surface area (Å²) >= 11 is 0. The molecule has 3 aliphatic rings. The Balaban J connectivity index is 2.11. The highest BCUT2D eigenvalue weighted by Gasteiger charge is 2.53. The van der Waals surface area contributed by atoms with Gasteiger partial charge in [-0.2, -0.15) is 0 Å². The molecule has 1 saturated carbocycles. The molecule has 3 N–H and O–H groups in total. The summed E-state index contributed by atoms with van der Waals surface area (Å²) in [5.74, 6) is -0.306. The van der Waals surface area contributed by atoms with Gasteiger partial charge >= 0.3 is 0 Å². The summed E-state index contributed by atoms with van der Waals surface area (Å²) in [5, 5.41) is 23.8. The van der Waals surface area contributed by atoms with Crippen molar-refractivity contribution < 1.29 is 19.8 Å². The van der Waals surface area contributed by atoms with Gasteiger partial charge in [-0.1, -0.05) is 56.7 Å². The van der Waals surface area contributed by atoms with Gasteiger partial charge in [0.1, 0.15) is 17.4 Å². The molecule has 1 heterocycles. The molecule has 2 fully saturated rings. The molecule has 0 aromatic heterocycles. The van der Waals surface area contributed by atoms with Gasteiger partial charge in [0, 0.05) is 11.3 Å². The maximum absolute atomic E-state index is 12.9. The van der Waals surface area contributed by atoms with Crippen molar-refractivity contribution in [2.45, 2.75) is 59.1 Å². The number of Topliss-reactive ketones (excluding diaryl/α,β-unsaturated/α-hetero) is 1. The van der Waals surface area contributed by atoms with Gasteiger partial charge in [-0.05, 0) is 44.4 Å². The summed E-state index contributed by atoms with van der Waals surface area (Å²) in [5.41, 5.74) is -0.941. The highest BCUT2D eigenvalue weighted by Crippen LogP contribution is 2.56. The first-order valence-corrected chi connectivity index (χ1v) is 10.7. The lowest BCUT2D eigenvalue weighted by molar-refractivity contribution is -0.118. The Morgan fingerprint density at radius 2 is 2.00 bits per heavy atom. The number of amides is 1. The van der Waals surface area contributed by atoms with Crippen LogP contribution in [0.3, 0.4) is 0 Å². The minimum Gasteiger partial charge on any atom is -0.511 e. The highest BCUT2D eigenvalue weighted by atomic mass is 16.3. The number of hydrogen-bond acceptors (Lipinski definition) is 4. The van der Waals surface area contributed by atoms with Crippen LogP contribution in [0.15, 0.2) is 47.8 Å². The van der Waals surface area contributed by atoms with Crippen molar-refractivity contribution in [2.24, 2.45) is 29.1 Å². The van der Waals surface area contributed by atoms with E-state index in [0.717, 1.165) is 19.3 Å². The highest BCUT2D eigenvalue weighted by molar-refractivity contribution is 6.27. The standard InChI is InChI=1S/C24H33NO4/c1-5-6-7-8-17-11-10-16-13-14(2)9-12-18(16)24(17,4)22(28)19-21(27)20(15(3)26)25-23(19)29/h5-8,10-11,14-18,20,26,28H,9,12-13H2,1-4H3,(H,25,29)/b6-5+,8-7+,22-19+. The number of carbonyl (C=O) groups excluding carboxylic acids is 2. The van der Waals surface area contributed by atoms with Gasteiger partial charge in [0.25, 0.3) is 5.91 Å². The van der Waals surface area contributed by atoms with E-state index < -0.39 is 29.3 Å². The summed E-state index contributed by atoms with van der Waals surface area (Å²) in [4.78, 5) is 25.5. The van der Waals surface area contributed by atoms with Crippen molar-refractivity contribution in [3.63, 3.8) is 0 Å². The smallest absolute Gasteiger partial charge is 0.259 e. The van der Waals surface area contributed by atoms with E-state index in [-0.39, 0.29) is 23.2 Å². The summed E-state index contributed by atoms with van der Waals surface area (Å²) in [7, 11) is 0. The number of ketones is 1. The molecule has 1 saturated heterocycles. The first-order valence-electron chi connectivity index (χ1n) is 10.7. The van der Waals surface area contributed by atoms with Crippen molar-refractivity contribution >= 4 is 11.7 Å². The Kier molecular flexibility index (Phi) is 6.18. The molecule has 2 aliphatic carbocycles. The van der Waals surface area contributed by atoms with Crippen molar-refractivity contribution in [1.29, 1.82) is 0 Å². The van der Waals surface area contributed by atoms with Crippen molar-refractivity contribution in [1.82, 2.24) is 5.32 Å². The van der Waals surface area contributed by atoms with E-state index in [9.17, 15) is 19.8 Å². The third kappa shape index (κ3) is 3.73. The van der Waals surface area contributed by atoms with Gasteiger partial charge < -0.3 is 15.5 Å². The molecule has 0 aromatic rings. The maximum Gasteiger partial charge on any atom is 0.259 e. The van der Waals surface area contributed by atoms with Crippen LogP contribution >= 0.6 is 0 Å². The zero-order valence-corrected chi connectivity index (χ0v) is 17.8. The Hall–Kier alpha value is -2.14. The van der Waals surface area contributed by atoms with Crippen molar-refractivity contribution in [3.05, 3.63) is 47.8 Å². The summed E-state index contributed by atoms with van der Waals surface area (Å²) in [6.45, 7) is 7.64. The normalized spacial score (nSPS) is 40.4. The van der Waals surface area contributed by atoms with E-state index in [2.05, 4.69) is 24.4 Å². The molecule has 0 spiro atoms. The van der Waals surface area contributed by atoms with Gasteiger partial charge in [-0.3, -0.25) is 9.59 Å². The molecule has 0 radical (unpaired) electrons. The van der Waals surface area contributed by atoms with Crippen LogP contribution in [-0.2, 0) is 9.59 Å². The molecule has 5 nitrogen and oxygen atoms in total. The van der Waals surface area contributed by atoms with Gasteiger partial charge in [-0.25, -0.2) is 0 Å². The number of allylic oxidation sites excluding steroid dienone is 7. The van der Waals surface area contributed by atoms with Crippen LogP contribution in [0.1, 0.15) is 47.0 Å². The third-order valence-electron chi connectivity index (χ3n) is 7.08. The van der Waals surface area contributed by atoms with Crippen LogP contribution < -0.4 is 5.32 Å². The molecule has 1 aliphatic heterocycles. The fourth-order valence-electron chi connectivity index (χ4n) is 5.36. The van der Waals surface area contributed by atoms with Crippen LogP contribution in [0.4, 0.5) is 0 Å². The predicted molar refractivity (Wildman–Crippen MR) is 113 cm³/mol. The number of carbonyl (C=O) groups is 2. The molecule has 1 amide bonds. The molecular formula is C24H33NO4. The Labute approximate surface area is 173 Å². The Morgan fingerprint density at radius 3 is 2.62 bits per heavy atom. The monoisotopic (exact) mass is 399 g/mol. The van der Waals surface area contributed by atoms with E-state index >= 15 is 0 Å². The van der Waals surface area contributed by atoms with E-state index in [1.807, 2.05) is 38.2 Å². The van der Waals surface area contributed by atoms with E-state index in [1.165, 1.54) is 6.92 Å². The second-order valence-corrected chi connectivity index (χ2v) is 9.07. The molecule has 5 heteroatoms. The zero-order chi connectivity index (χ0) is 21.3. The number of hydrogen-bond donors (Lipinski definition) is 3. The first kappa shape index (κ1) is 21.6. The van der Waals surface area contributed by atoms with Crippen LogP contribution in [-0.4, -0.2) is 34.0 Å². The molecule has 0 bridgehead atoms. The van der Waals surface area contributed by atoms with Crippen LogP contribution in [0.25, 0.3) is 0 Å². The quantitative estimate of drug-likeness (QED) is 0.222. The predicted octanol–water partition coefficient (Wildman–Crippen LogP) is 3.62. The van der Waals surface area contributed by atoms with Crippen molar-refractivity contribution in [3.8, 4) is 0 Å². The molecule has 3 rings (SSSR count). The fraction of sp³-hybridized carbons (Fsp3) is 0.583. The van der Waals surface area contributed by atoms with E-state index in [0.29, 0.717) is 11.8 Å². The molecule has 7 atom stereocenters. The minimum atomic E-state index is -1.01. The molecular weight excluding hydrogens is 366 g/mol. The second-order valence-electron chi connectivity index (χ2n) is 9.07. The lowest BCUT2D eigenvalue weighted by Gasteiger charge is -2.50. The Morgan fingerprint density at radius 1 is 1.28 bits per heavy atom. The van der Waals surface area contributed by atoms with Crippen LogP contribution in [0.2, 0.25) is 0 Å².